The number of carbonyl (C=O) groups excluding carboxylic acids is 1. The summed E-state index contributed by atoms with van der Waals surface area (Å²) in [5.41, 5.74) is -1.52. The molecule has 1 aliphatic carbocycles. The van der Waals surface area contributed by atoms with E-state index in [1.807, 2.05) is 37.3 Å². The average Bonchev–Trinajstić information content (AvgIpc) is 3.17. The molecule has 7 heteroatoms. The third kappa shape index (κ3) is 2.79. The molecule has 1 amide bonds. The molecule has 1 aliphatic heterocycles. The minimum atomic E-state index is -2.05. The highest BCUT2D eigenvalue weighted by molar-refractivity contribution is 5.82. The fourth-order valence-electron chi connectivity index (χ4n) is 5.52. The summed E-state index contributed by atoms with van der Waals surface area (Å²) in [6, 6.07) is 16.6. The second kappa shape index (κ2) is 7.37. The largest absolute Gasteiger partial charge is 0.476 e. The second-order valence-electron chi connectivity index (χ2n) is 9.06. The number of aromatic nitrogens is 1. The van der Waals surface area contributed by atoms with Crippen molar-refractivity contribution >= 4 is 5.91 Å². The lowest BCUT2D eigenvalue weighted by Crippen LogP contribution is -2.52. The van der Waals surface area contributed by atoms with E-state index in [1.54, 1.807) is 26.4 Å². The molecular formula is C26H25FN2O4. The van der Waals surface area contributed by atoms with E-state index in [1.165, 1.54) is 29.2 Å². The zero-order valence-corrected chi connectivity index (χ0v) is 18.6. The molecule has 2 aromatic carbocycles. The number of rotatable bonds is 3. The van der Waals surface area contributed by atoms with Crippen molar-refractivity contribution in [3.8, 4) is 5.75 Å². The van der Waals surface area contributed by atoms with Crippen LogP contribution < -0.4 is 4.74 Å². The van der Waals surface area contributed by atoms with Crippen LogP contribution in [-0.4, -0.2) is 46.2 Å². The number of hydrogen-bond acceptors (Lipinski definition) is 5. The number of aliphatic hydroxyl groups is 2. The van der Waals surface area contributed by atoms with Crippen LogP contribution in [0.3, 0.4) is 0 Å². The van der Waals surface area contributed by atoms with Crippen LogP contribution in [0.1, 0.15) is 28.3 Å². The zero-order valence-electron chi connectivity index (χ0n) is 18.6. The molecule has 170 valence electrons. The molecule has 1 aromatic heterocycles. The van der Waals surface area contributed by atoms with E-state index in [-0.39, 0.29) is 11.6 Å². The number of aryl methyl sites for hydroxylation is 1. The number of hydrogen-bond donors (Lipinski definition) is 2. The lowest BCUT2D eigenvalue weighted by atomic mass is 9.71. The number of amides is 1. The smallest absolute Gasteiger partial charge is 0.228 e. The van der Waals surface area contributed by atoms with E-state index in [0.29, 0.717) is 16.9 Å². The molecule has 1 fully saturated rings. The molecule has 2 heterocycles. The topological polar surface area (TPSA) is 82.9 Å². The summed E-state index contributed by atoms with van der Waals surface area (Å²) in [7, 11) is 3.21. The fraction of sp³-hybridized carbons (Fsp3) is 0.308. The summed E-state index contributed by atoms with van der Waals surface area (Å²) in [5, 5.41) is 24.0. The van der Waals surface area contributed by atoms with Gasteiger partial charge in [-0.15, -0.1) is 0 Å². The van der Waals surface area contributed by atoms with Gasteiger partial charge in [0.25, 0.3) is 0 Å². The molecule has 0 radical (unpaired) electrons. The van der Waals surface area contributed by atoms with Crippen molar-refractivity contribution in [2.24, 2.45) is 5.92 Å². The van der Waals surface area contributed by atoms with Gasteiger partial charge < -0.3 is 19.8 Å². The Morgan fingerprint density at radius 3 is 2.42 bits per heavy atom. The molecule has 0 saturated heterocycles. The van der Waals surface area contributed by atoms with Crippen molar-refractivity contribution in [2.75, 3.05) is 14.1 Å². The van der Waals surface area contributed by atoms with Gasteiger partial charge in [0.2, 0.25) is 5.91 Å². The average molecular weight is 448 g/mol. The Bertz CT molecular complexity index is 1220. The first kappa shape index (κ1) is 21.6. The molecule has 2 aliphatic rings. The van der Waals surface area contributed by atoms with Crippen LogP contribution in [0.4, 0.5) is 4.39 Å². The Morgan fingerprint density at radius 2 is 1.79 bits per heavy atom. The van der Waals surface area contributed by atoms with Gasteiger partial charge in [0, 0.05) is 26.2 Å². The minimum Gasteiger partial charge on any atom is -0.476 e. The molecule has 6 nitrogen and oxygen atoms in total. The minimum absolute atomic E-state index is 0.167. The highest BCUT2D eigenvalue weighted by Crippen LogP contribution is 2.68. The van der Waals surface area contributed by atoms with Gasteiger partial charge in [-0.2, -0.15) is 0 Å². The van der Waals surface area contributed by atoms with Crippen LogP contribution in [0.5, 0.6) is 5.75 Å². The summed E-state index contributed by atoms with van der Waals surface area (Å²) < 4.78 is 20.5. The van der Waals surface area contributed by atoms with Gasteiger partial charge in [-0.25, -0.2) is 4.39 Å². The quantitative estimate of drug-likeness (QED) is 0.644. The van der Waals surface area contributed by atoms with Crippen molar-refractivity contribution in [3.05, 3.63) is 95.1 Å². The number of fused-ring (bicyclic) bond motifs is 3. The molecule has 5 atom stereocenters. The molecule has 0 unspecified atom stereocenters. The van der Waals surface area contributed by atoms with Crippen LogP contribution in [0.2, 0.25) is 0 Å². The molecule has 0 bridgehead atoms. The number of nitrogens with zero attached hydrogens (tertiary/aromatic N) is 2. The van der Waals surface area contributed by atoms with Crippen molar-refractivity contribution in [1.29, 1.82) is 0 Å². The van der Waals surface area contributed by atoms with Crippen LogP contribution in [0.25, 0.3) is 0 Å². The summed E-state index contributed by atoms with van der Waals surface area (Å²) in [5.74, 6) is -2.28. The number of aliphatic hydroxyl groups excluding tert-OH is 1. The monoisotopic (exact) mass is 448 g/mol. The van der Waals surface area contributed by atoms with Crippen LogP contribution in [-0.2, 0) is 16.0 Å². The Morgan fingerprint density at radius 1 is 1.12 bits per heavy atom. The van der Waals surface area contributed by atoms with Gasteiger partial charge in [-0.1, -0.05) is 42.5 Å². The van der Waals surface area contributed by atoms with Crippen molar-refractivity contribution in [1.82, 2.24) is 9.88 Å². The van der Waals surface area contributed by atoms with Gasteiger partial charge in [0.05, 0.1) is 5.92 Å². The lowest BCUT2D eigenvalue weighted by molar-refractivity contribution is -0.157. The number of carbonyl (C=O) groups is 1. The Balaban J connectivity index is 1.87. The van der Waals surface area contributed by atoms with E-state index in [4.69, 9.17) is 4.74 Å². The summed E-state index contributed by atoms with van der Waals surface area (Å²) in [6.07, 6.45) is 0.0609. The van der Waals surface area contributed by atoms with Crippen LogP contribution in [0.15, 0.2) is 66.9 Å². The van der Waals surface area contributed by atoms with Crippen LogP contribution in [0, 0.1) is 18.7 Å². The summed E-state index contributed by atoms with van der Waals surface area (Å²) in [6.45, 7) is 1.85. The first-order valence-electron chi connectivity index (χ1n) is 10.8. The number of pyridine rings is 1. The van der Waals surface area contributed by atoms with Crippen molar-refractivity contribution in [3.63, 3.8) is 0 Å². The van der Waals surface area contributed by atoms with Gasteiger partial charge in [-0.05, 0) is 41.8 Å². The molecule has 33 heavy (non-hydrogen) atoms. The van der Waals surface area contributed by atoms with E-state index < -0.39 is 35.0 Å². The molecule has 3 aromatic rings. The SMILES string of the molecule is Cc1cnc2c(c1)O[C@@]1(c3ccc(F)cc3)[C@H](c3ccccc3)[C@@H](C(=O)N(C)C)[C@@H](O)[C@@]21O. The lowest BCUT2D eigenvalue weighted by Gasteiger charge is -2.40. The highest BCUT2D eigenvalue weighted by atomic mass is 19.1. The maximum absolute atomic E-state index is 13.9. The summed E-state index contributed by atoms with van der Waals surface area (Å²) in [4.78, 5) is 19.3. The van der Waals surface area contributed by atoms with E-state index in [0.717, 1.165) is 5.56 Å². The Kier molecular flexibility index (Phi) is 4.81. The van der Waals surface area contributed by atoms with Gasteiger partial charge in [0.1, 0.15) is 23.4 Å². The Labute approximate surface area is 191 Å². The van der Waals surface area contributed by atoms with Crippen LogP contribution >= 0.6 is 0 Å². The molecule has 0 spiro atoms. The highest BCUT2D eigenvalue weighted by Gasteiger charge is 2.78. The van der Waals surface area contributed by atoms with E-state index in [2.05, 4.69) is 4.98 Å². The number of halogens is 1. The first-order valence-corrected chi connectivity index (χ1v) is 10.8. The fourth-order valence-corrected chi connectivity index (χ4v) is 5.52. The predicted octanol–water partition coefficient (Wildman–Crippen LogP) is 2.87. The van der Waals surface area contributed by atoms with Gasteiger partial charge >= 0.3 is 0 Å². The maximum Gasteiger partial charge on any atom is 0.228 e. The van der Waals surface area contributed by atoms with E-state index >= 15 is 0 Å². The molecule has 1 saturated carbocycles. The van der Waals surface area contributed by atoms with Crippen molar-refractivity contribution < 1.29 is 24.1 Å². The van der Waals surface area contributed by atoms with Gasteiger partial charge in [0.15, 0.2) is 11.2 Å². The molecule has 2 N–H and O–H groups in total. The predicted molar refractivity (Wildman–Crippen MR) is 119 cm³/mol. The number of ether oxygens (including phenoxy) is 1. The third-order valence-corrected chi connectivity index (χ3v) is 6.91. The van der Waals surface area contributed by atoms with E-state index in [9.17, 15) is 19.4 Å². The normalized spacial score (nSPS) is 29.8. The second-order valence-corrected chi connectivity index (χ2v) is 9.06. The third-order valence-electron chi connectivity index (χ3n) is 6.91. The first-order chi connectivity index (χ1) is 15.7. The number of benzene rings is 2. The maximum atomic E-state index is 13.9. The standard InChI is InChI=1S/C26H25FN2O4/c1-15-13-19-22(28-14-15)25(32)23(30)20(24(31)29(2)3)21(16-7-5-4-6-8-16)26(25,33-19)17-9-11-18(27)12-10-17/h4-14,20-21,23,30,32H,1-3H3/t20-,21-,23-,25+,26+/m1/s1. The zero-order chi connectivity index (χ0) is 23.5. The summed E-state index contributed by atoms with van der Waals surface area (Å²) >= 11 is 0. The Hall–Kier alpha value is -3.29. The molecular weight excluding hydrogens is 423 g/mol. The molecule has 5 rings (SSSR count). The van der Waals surface area contributed by atoms with Crippen molar-refractivity contribution in [2.45, 2.75) is 30.1 Å². The van der Waals surface area contributed by atoms with Gasteiger partial charge in [-0.3, -0.25) is 9.78 Å².